The van der Waals surface area contributed by atoms with Crippen molar-refractivity contribution in [3.8, 4) is 0 Å². The molecule has 0 fully saturated rings. The lowest BCUT2D eigenvalue weighted by atomic mass is 10.1. The fourth-order valence-electron chi connectivity index (χ4n) is 1.74. The van der Waals surface area contributed by atoms with E-state index in [1.807, 2.05) is 0 Å². The molecule has 0 aliphatic rings. The van der Waals surface area contributed by atoms with Gasteiger partial charge < -0.3 is 10.1 Å². The zero-order valence-corrected chi connectivity index (χ0v) is 13.6. The van der Waals surface area contributed by atoms with Crippen LogP contribution in [-0.4, -0.2) is 46.5 Å². The number of aryl methyl sites for hydroxylation is 1. The van der Waals surface area contributed by atoms with Gasteiger partial charge in [-0.1, -0.05) is 6.07 Å². The van der Waals surface area contributed by atoms with E-state index in [1.54, 1.807) is 6.92 Å². The van der Waals surface area contributed by atoms with Gasteiger partial charge in [0.15, 0.2) is 9.84 Å². The predicted molar refractivity (Wildman–Crippen MR) is 78.1 cm³/mol. The van der Waals surface area contributed by atoms with E-state index in [2.05, 4.69) is 10.1 Å². The Bertz CT molecular complexity index is 656. The molecule has 0 bridgehead atoms. The summed E-state index contributed by atoms with van der Waals surface area (Å²) >= 11 is 0. The minimum absolute atomic E-state index is 0.0294. The molecule has 0 saturated heterocycles. The van der Waals surface area contributed by atoms with Crippen LogP contribution in [0.3, 0.4) is 0 Å². The van der Waals surface area contributed by atoms with Gasteiger partial charge in [0.25, 0.3) is 5.91 Å². The van der Waals surface area contributed by atoms with Crippen LogP contribution in [0.25, 0.3) is 0 Å². The highest BCUT2D eigenvalue weighted by atomic mass is 32.2. The monoisotopic (exact) mass is 353 g/mol. The Labute approximate surface area is 132 Å². The van der Waals surface area contributed by atoms with Crippen molar-refractivity contribution in [2.75, 3.05) is 26.0 Å². The van der Waals surface area contributed by atoms with Crippen LogP contribution in [0.2, 0.25) is 0 Å². The smallest absolute Gasteiger partial charge is 0.372 e. The predicted octanol–water partition coefficient (Wildman–Crippen LogP) is 2.10. The Morgan fingerprint density at radius 1 is 1.30 bits per heavy atom. The zero-order valence-electron chi connectivity index (χ0n) is 12.7. The zero-order chi connectivity index (χ0) is 17.7. The first-order chi connectivity index (χ1) is 10.5. The quantitative estimate of drug-likeness (QED) is 0.762. The van der Waals surface area contributed by atoms with Gasteiger partial charge in [0, 0.05) is 25.0 Å². The van der Waals surface area contributed by atoms with E-state index >= 15 is 0 Å². The maximum absolute atomic E-state index is 12.0. The molecular weight excluding hydrogens is 335 g/mol. The van der Waals surface area contributed by atoms with Gasteiger partial charge in [-0.2, -0.15) is 13.2 Å². The van der Waals surface area contributed by atoms with Gasteiger partial charge in [-0.05, 0) is 31.0 Å². The normalized spacial score (nSPS) is 12.2. The second-order valence-electron chi connectivity index (χ2n) is 5.03. The summed E-state index contributed by atoms with van der Waals surface area (Å²) < 4.78 is 62.9. The van der Waals surface area contributed by atoms with Crippen LogP contribution in [0, 0.1) is 6.92 Å². The third-order valence-corrected chi connectivity index (χ3v) is 4.01. The van der Waals surface area contributed by atoms with Crippen LogP contribution in [0.1, 0.15) is 22.3 Å². The highest BCUT2D eigenvalue weighted by Crippen LogP contribution is 2.16. The Morgan fingerprint density at radius 2 is 1.96 bits per heavy atom. The fourth-order valence-corrected chi connectivity index (χ4v) is 2.38. The summed E-state index contributed by atoms with van der Waals surface area (Å²) in [5.41, 5.74) is 0.812. The molecule has 23 heavy (non-hydrogen) atoms. The summed E-state index contributed by atoms with van der Waals surface area (Å²) in [4.78, 5) is 12.0. The lowest BCUT2D eigenvalue weighted by molar-refractivity contribution is -0.173. The lowest BCUT2D eigenvalue weighted by Gasteiger charge is -2.10. The fraction of sp³-hybridized carbons (Fsp3) is 0.500. The van der Waals surface area contributed by atoms with Gasteiger partial charge in [-0.15, -0.1) is 0 Å². The lowest BCUT2D eigenvalue weighted by Crippen LogP contribution is -2.26. The molecule has 0 unspecified atom stereocenters. The van der Waals surface area contributed by atoms with Crippen LogP contribution < -0.4 is 5.32 Å². The molecule has 1 aromatic carbocycles. The molecule has 0 aromatic heterocycles. The van der Waals surface area contributed by atoms with Crippen LogP contribution in [0.4, 0.5) is 13.2 Å². The van der Waals surface area contributed by atoms with Gasteiger partial charge in [0.05, 0.1) is 4.90 Å². The number of halogens is 3. The highest BCUT2D eigenvalue weighted by Gasteiger charge is 2.27. The van der Waals surface area contributed by atoms with Crippen molar-refractivity contribution in [1.82, 2.24) is 5.32 Å². The summed E-state index contributed by atoms with van der Waals surface area (Å²) in [6, 6.07) is 4.21. The van der Waals surface area contributed by atoms with Crippen molar-refractivity contribution in [3.63, 3.8) is 0 Å². The summed E-state index contributed by atoms with van der Waals surface area (Å²) in [7, 11) is -3.43. The SMILES string of the molecule is Cc1ccc(S(C)(=O)=O)cc1C(=O)NCCCOCC(F)(F)F. The van der Waals surface area contributed by atoms with E-state index in [9.17, 15) is 26.4 Å². The molecule has 5 nitrogen and oxygen atoms in total. The van der Waals surface area contributed by atoms with E-state index in [0.717, 1.165) is 6.26 Å². The third kappa shape index (κ3) is 7.00. The summed E-state index contributed by atoms with van der Waals surface area (Å²) in [6.45, 7) is 0.325. The third-order valence-electron chi connectivity index (χ3n) is 2.90. The minimum atomic E-state index is -4.37. The second-order valence-corrected chi connectivity index (χ2v) is 7.04. The molecule has 1 rings (SSSR count). The maximum Gasteiger partial charge on any atom is 0.411 e. The molecule has 0 heterocycles. The second kappa shape index (κ2) is 7.78. The van der Waals surface area contributed by atoms with E-state index in [0.29, 0.717) is 5.56 Å². The summed E-state index contributed by atoms with van der Waals surface area (Å²) in [5, 5.41) is 2.52. The highest BCUT2D eigenvalue weighted by molar-refractivity contribution is 7.90. The molecular formula is C14H18F3NO4S. The molecule has 0 atom stereocenters. The first-order valence-corrected chi connectivity index (χ1v) is 8.63. The molecule has 1 aromatic rings. The van der Waals surface area contributed by atoms with Crippen molar-refractivity contribution in [2.24, 2.45) is 0 Å². The Morgan fingerprint density at radius 3 is 2.52 bits per heavy atom. The van der Waals surface area contributed by atoms with E-state index in [4.69, 9.17) is 0 Å². The average Bonchev–Trinajstić information content (AvgIpc) is 2.40. The average molecular weight is 353 g/mol. The van der Waals surface area contributed by atoms with Crippen LogP contribution in [0.15, 0.2) is 23.1 Å². The number of benzene rings is 1. The van der Waals surface area contributed by atoms with E-state index < -0.39 is 28.5 Å². The molecule has 130 valence electrons. The number of alkyl halides is 3. The Hall–Kier alpha value is -1.61. The minimum Gasteiger partial charge on any atom is -0.372 e. The number of hydrogen-bond acceptors (Lipinski definition) is 4. The number of carbonyl (C=O) groups is 1. The van der Waals surface area contributed by atoms with Crippen LogP contribution in [-0.2, 0) is 14.6 Å². The van der Waals surface area contributed by atoms with Crippen molar-refractivity contribution in [3.05, 3.63) is 29.3 Å². The molecule has 0 spiro atoms. The number of rotatable bonds is 7. The number of ether oxygens (including phenoxy) is 1. The van der Waals surface area contributed by atoms with Gasteiger partial charge in [0.2, 0.25) is 0 Å². The van der Waals surface area contributed by atoms with Crippen molar-refractivity contribution in [1.29, 1.82) is 0 Å². The van der Waals surface area contributed by atoms with E-state index in [1.165, 1.54) is 18.2 Å². The Balaban J connectivity index is 2.52. The summed E-state index contributed by atoms with van der Waals surface area (Å²) in [6.07, 6.45) is -3.11. The van der Waals surface area contributed by atoms with Gasteiger partial charge >= 0.3 is 6.18 Å². The first kappa shape index (κ1) is 19.4. The molecule has 0 aliphatic heterocycles. The van der Waals surface area contributed by atoms with Crippen LogP contribution >= 0.6 is 0 Å². The van der Waals surface area contributed by atoms with Crippen molar-refractivity contribution < 1.29 is 31.1 Å². The largest absolute Gasteiger partial charge is 0.411 e. The van der Waals surface area contributed by atoms with Crippen molar-refractivity contribution >= 4 is 15.7 Å². The molecule has 1 N–H and O–H groups in total. The molecule has 9 heteroatoms. The van der Waals surface area contributed by atoms with Gasteiger partial charge in [0.1, 0.15) is 6.61 Å². The van der Waals surface area contributed by atoms with Crippen LogP contribution in [0.5, 0.6) is 0 Å². The molecule has 0 saturated carbocycles. The number of hydrogen-bond donors (Lipinski definition) is 1. The molecule has 0 aliphatic carbocycles. The number of nitrogens with one attached hydrogen (secondary N) is 1. The topological polar surface area (TPSA) is 72.5 Å². The first-order valence-electron chi connectivity index (χ1n) is 6.74. The number of carbonyl (C=O) groups excluding carboxylic acids is 1. The van der Waals surface area contributed by atoms with Crippen molar-refractivity contribution in [2.45, 2.75) is 24.4 Å². The summed E-state index contributed by atoms with van der Waals surface area (Å²) in [5.74, 6) is -0.483. The Kier molecular flexibility index (Phi) is 6.57. The standard InChI is InChI=1S/C14H18F3NO4S/c1-10-4-5-11(23(2,20)21)8-12(10)13(19)18-6-3-7-22-9-14(15,16)17/h4-5,8H,3,6-7,9H2,1-2H3,(H,18,19). The van der Waals surface area contributed by atoms with Gasteiger partial charge in [-0.25, -0.2) is 8.42 Å². The molecule has 0 radical (unpaired) electrons. The number of amides is 1. The number of sulfone groups is 1. The maximum atomic E-state index is 12.0. The van der Waals surface area contributed by atoms with Gasteiger partial charge in [-0.3, -0.25) is 4.79 Å². The van der Waals surface area contributed by atoms with E-state index in [-0.39, 0.29) is 30.0 Å². The molecule has 1 amide bonds.